The van der Waals surface area contributed by atoms with E-state index in [1.54, 1.807) is 0 Å². The maximum Gasteiger partial charge on any atom is 0.258 e. The van der Waals surface area contributed by atoms with Crippen molar-refractivity contribution in [3.05, 3.63) is 59.7 Å². The highest BCUT2D eigenvalue weighted by Gasteiger charge is 2.17. The molecule has 1 aliphatic heterocycles. The highest BCUT2D eigenvalue weighted by Crippen LogP contribution is 2.24. The molecule has 4 heteroatoms. The number of rotatable bonds is 6. The second kappa shape index (κ2) is 8.94. The Hall–Kier alpha value is -2.49. The molecule has 2 atom stereocenters. The Balaban J connectivity index is 1.50. The van der Waals surface area contributed by atoms with E-state index in [2.05, 4.69) is 41.4 Å². The summed E-state index contributed by atoms with van der Waals surface area (Å²) >= 11 is 0. The second-order valence-corrected chi connectivity index (χ2v) is 7.68. The van der Waals surface area contributed by atoms with Crippen molar-refractivity contribution in [1.29, 1.82) is 0 Å². The molecule has 1 heterocycles. The average Bonchev–Trinajstić information content (AvgIpc) is 2.67. The maximum absolute atomic E-state index is 12.2. The van der Waals surface area contributed by atoms with Gasteiger partial charge in [0.1, 0.15) is 5.75 Å². The van der Waals surface area contributed by atoms with Crippen molar-refractivity contribution in [1.82, 2.24) is 5.32 Å². The van der Waals surface area contributed by atoms with Crippen molar-refractivity contribution in [3.63, 3.8) is 0 Å². The van der Waals surface area contributed by atoms with E-state index in [4.69, 9.17) is 4.74 Å². The number of nitrogens with zero attached hydrogens (tertiary/aromatic N) is 1. The number of carbonyl (C=O) groups is 1. The van der Waals surface area contributed by atoms with Crippen LogP contribution >= 0.6 is 0 Å². The fraction of sp³-hybridized carbons (Fsp3) is 0.435. The summed E-state index contributed by atoms with van der Waals surface area (Å²) in [6, 6.07) is 16.2. The normalized spacial score (nSPS) is 18.0. The zero-order valence-electron chi connectivity index (χ0n) is 16.6. The third-order valence-corrected chi connectivity index (χ3v) is 5.18. The lowest BCUT2D eigenvalue weighted by atomic mass is 9.99. The van der Waals surface area contributed by atoms with E-state index in [-0.39, 0.29) is 18.6 Å². The topological polar surface area (TPSA) is 41.6 Å². The molecular formula is C23H30N2O2. The summed E-state index contributed by atoms with van der Waals surface area (Å²) in [6.45, 7) is 8.62. The van der Waals surface area contributed by atoms with Crippen LogP contribution in [0.25, 0.3) is 0 Å². The first kappa shape index (κ1) is 19.3. The molecule has 1 N–H and O–H groups in total. The number of hydrogen-bond acceptors (Lipinski definition) is 3. The summed E-state index contributed by atoms with van der Waals surface area (Å²) in [5.41, 5.74) is 3.54. The van der Waals surface area contributed by atoms with Crippen molar-refractivity contribution in [2.75, 3.05) is 24.6 Å². The van der Waals surface area contributed by atoms with Gasteiger partial charge in [0, 0.05) is 18.8 Å². The van der Waals surface area contributed by atoms with E-state index in [9.17, 15) is 4.79 Å². The molecule has 144 valence electrons. The quantitative estimate of drug-likeness (QED) is 0.819. The molecule has 1 saturated heterocycles. The molecule has 27 heavy (non-hydrogen) atoms. The van der Waals surface area contributed by atoms with Gasteiger partial charge in [-0.15, -0.1) is 0 Å². The molecule has 0 aliphatic carbocycles. The third-order valence-electron chi connectivity index (χ3n) is 5.18. The fourth-order valence-corrected chi connectivity index (χ4v) is 3.55. The smallest absolute Gasteiger partial charge is 0.258 e. The number of aryl methyl sites for hydroxylation is 1. The Morgan fingerprint density at radius 3 is 2.56 bits per heavy atom. The Morgan fingerprint density at radius 1 is 1.19 bits per heavy atom. The summed E-state index contributed by atoms with van der Waals surface area (Å²) in [6.07, 6.45) is 2.58. The number of hydrogen-bond donors (Lipinski definition) is 1. The van der Waals surface area contributed by atoms with Gasteiger partial charge in [-0.25, -0.2) is 0 Å². The van der Waals surface area contributed by atoms with Gasteiger partial charge >= 0.3 is 0 Å². The molecule has 1 aliphatic rings. The Labute approximate surface area is 162 Å². The van der Waals surface area contributed by atoms with Crippen LogP contribution < -0.4 is 15.0 Å². The minimum Gasteiger partial charge on any atom is -0.484 e. The zero-order chi connectivity index (χ0) is 19.2. The molecule has 0 aromatic heterocycles. The largest absolute Gasteiger partial charge is 0.484 e. The molecule has 2 aromatic rings. The third kappa shape index (κ3) is 5.49. The molecule has 0 unspecified atom stereocenters. The molecule has 0 spiro atoms. The standard InChI is InChI=1S/C23H30N2O2/c1-17-6-12-22(13-7-17)27-16-23(26)24-19(3)20-8-10-21(11-9-20)25-14-4-5-18(2)15-25/h6-13,18-19H,4-5,14-16H2,1-3H3,(H,24,26)/t18-,19-/m1/s1. The number of benzene rings is 2. The van der Waals surface area contributed by atoms with Crippen LogP contribution in [0.4, 0.5) is 5.69 Å². The zero-order valence-corrected chi connectivity index (χ0v) is 16.6. The highest BCUT2D eigenvalue weighted by molar-refractivity contribution is 5.78. The predicted octanol–water partition coefficient (Wildman–Crippen LogP) is 4.49. The van der Waals surface area contributed by atoms with Gasteiger partial charge in [-0.05, 0) is 62.4 Å². The van der Waals surface area contributed by atoms with Crippen molar-refractivity contribution in [3.8, 4) is 5.75 Å². The second-order valence-electron chi connectivity index (χ2n) is 7.68. The van der Waals surface area contributed by atoms with Crippen LogP contribution in [-0.2, 0) is 4.79 Å². The molecule has 1 fully saturated rings. The molecule has 0 saturated carbocycles. The summed E-state index contributed by atoms with van der Waals surface area (Å²) in [5.74, 6) is 1.35. The van der Waals surface area contributed by atoms with Gasteiger partial charge in [0.05, 0.1) is 6.04 Å². The maximum atomic E-state index is 12.2. The summed E-state index contributed by atoms with van der Waals surface area (Å²) in [4.78, 5) is 14.6. The van der Waals surface area contributed by atoms with Crippen molar-refractivity contribution < 1.29 is 9.53 Å². The molecule has 4 nitrogen and oxygen atoms in total. The molecular weight excluding hydrogens is 336 g/mol. The number of ether oxygens (including phenoxy) is 1. The van der Waals surface area contributed by atoms with Gasteiger partial charge in [-0.1, -0.05) is 36.8 Å². The van der Waals surface area contributed by atoms with Crippen molar-refractivity contribution in [2.45, 2.75) is 39.7 Å². The summed E-state index contributed by atoms with van der Waals surface area (Å²) < 4.78 is 5.55. The van der Waals surface area contributed by atoms with Gasteiger partial charge in [0.2, 0.25) is 0 Å². The number of carbonyl (C=O) groups excluding carboxylic acids is 1. The first-order valence-electron chi connectivity index (χ1n) is 9.85. The monoisotopic (exact) mass is 366 g/mol. The van der Waals surface area contributed by atoms with E-state index in [1.165, 1.54) is 24.1 Å². The van der Waals surface area contributed by atoms with Gasteiger partial charge in [-0.3, -0.25) is 4.79 Å². The fourth-order valence-electron chi connectivity index (χ4n) is 3.55. The highest BCUT2D eigenvalue weighted by atomic mass is 16.5. The minimum atomic E-state index is -0.114. The molecule has 0 bridgehead atoms. The van der Waals surface area contributed by atoms with Crippen LogP contribution in [-0.4, -0.2) is 25.6 Å². The summed E-state index contributed by atoms with van der Waals surface area (Å²) in [5, 5.41) is 3.01. The van der Waals surface area contributed by atoms with Crippen LogP contribution in [0, 0.1) is 12.8 Å². The first-order chi connectivity index (χ1) is 13.0. The lowest BCUT2D eigenvalue weighted by Crippen LogP contribution is -2.34. The van der Waals surface area contributed by atoms with Gasteiger partial charge in [-0.2, -0.15) is 0 Å². The van der Waals surface area contributed by atoms with E-state index in [0.717, 1.165) is 24.6 Å². The molecule has 2 aromatic carbocycles. The molecule has 0 radical (unpaired) electrons. The number of anilines is 1. The predicted molar refractivity (Wildman–Crippen MR) is 110 cm³/mol. The molecule has 3 rings (SSSR count). The Morgan fingerprint density at radius 2 is 1.89 bits per heavy atom. The number of nitrogens with one attached hydrogen (secondary N) is 1. The minimum absolute atomic E-state index is 0.0250. The lowest BCUT2D eigenvalue weighted by molar-refractivity contribution is -0.123. The average molecular weight is 367 g/mol. The van der Waals surface area contributed by atoms with Gasteiger partial charge in [0.25, 0.3) is 5.91 Å². The van der Waals surface area contributed by atoms with E-state index < -0.39 is 0 Å². The van der Waals surface area contributed by atoms with Crippen LogP contribution in [0.2, 0.25) is 0 Å². The van der Waals surface area contributed by atoms with Crippen molar-refractivity contribution in [2.24, 2.45) is 5.92 Å². The van der Waals surface area contributed by atoms with Crippen LogP contribution in [0.15, 0.2) is 48.5 Å². The lowest BCUT2D eigenvalue weighted by Gasteiger charge is -2.33. The number of piperidine rings is 1. The van der Waals surface area contributed by atoms with Gasteiger partial charge < -0.3 is 15.0 Å². The van der Waals surface area contributed by atoms with Crippen LogP contribution in [0.1, 0.15) is 43.9 Å². The van der Waals surface area contributed by atoms with E-state index in [1.807, 2.05) is 38.1 Å². The Kier molecular flexibility index (Phi) is 6.38. The SMILES string of the molecule is Cc1ccc(OCC(=O)N[C@H](C)c2ccc(N3CCC[C@@H](C)C3)cc2)cc1. The van der Waals surface area contributed by atoms with Crippen molar-refractivity contribution >= 4 is 11.6 Å². The van der Waals surface area contributed by atoms with Crippen LogP contribution in [0.3, 0.4) is 0 Å². The summed E-state index contributed by atoms with van der Waals surface area (Å²) in [7, 11) is 0. The number of amides is 1. The Bertz CT molecular complexity index is 740. The van der Waals surface area contributed by atoms with E-state index in [0.29, 0.717) is 5.75 Å². The van der Waals surface area contributed by atoms with Gasteiger partial charge in [0.15, 0.2) is 6.61 Å². The first-order valence-corrected chi connectivity index (χ1v) is 9.85. The van der Waals surface area contributed by atoms with Crippen LogP contribution in [0.5, 0.6) is 5.75 Å². The van der Waals surface area contributed by atoms with E-state index >= 15 is 0 Å². The molecule has 1 amide bonds.